The van der Waals surface area contributed by atoms with Crippen molar-refractivity contribution in [1.29, 1.82) is 0 Å². The van der Waals surface area contributed by atoms with Crippen molar-refractivity contribution in [1.82, 2.24) is 0 Å². The largest absolute Gasteiger partial charge is 0.382 e. The molecule has 1 N–H and O–H groups in total. The highest BCUT2D eigenvalue weighted by Gasteiger charge is 2.44. The van der Waals surface area contributed by atoms with E-state index in [1.54, 1.807) is 13.1 Å². The topological polar surface area (TPSA) is 32.6 Å². The Kier molecular flexibility index (Phi) is 1.40. The normalized spacial score (nSPS) is 39.5. The summed E-state index contributed by atoms with van der Waals surface area (Å²) >= 11 is 0. The third kappa shape index (κ3) is 1.08. The molecule has 0 amide bonds. The Hall–Kier alpha value is -0.370. The molecule has 0 aromatic carbocycles. The van der Waals surface area contributed by atoms with E-state index in [1.807, 2.05) is 0 Å². The molecule has 2 atom stereocenters. The van der Waals surface area contributed by atoms with Crippen LogP contribution in [0.1, 0.15) is 27.7 Å². The van der Waals surface area contributed by atoms with Crippen molar-refractivity contribution < 1.29 is 5.11 Å². The maximum Gasteiger partial charge on any atom is 0.119 e. The molecule has 0 aromatic rings. The molecule has 10 heavy (non-hydrogen) atoms. The third-order valence-corrected chi connectivity index (χ3v) is 1.86. The Balaban J connectivity index is 2.72. The number of aliphatic hydroxyl groups is 1. The summed E-state index contributed by atoms with van der Waals surface area (Å²) in [6, 6.07) is 0.0694. The first-order chi connectivity index (χ1) is 4.34. The molecule has 0 aliphatic carbocycles. The van der Waals surface area contributed by atoms with Crippen LogP contribution in [-0.4, -0.2) is 23.0 Å². The Labute approximate surface area is 62.0 Å². The summed E-state index contributed by atoms with van der Waals surface area (Å²) in [6.07, 6.45) is 1.61. The van der Waals surface area contributed by atoms with E-state index in [0.29, 0.717) is 0 Å². The second-order valence-corrected chi connectivity index (χ2v) is 4.27. The van der Waals surface area contributed by atoms with Gasteiger partial charge in [0.1, 0.15) is 5.60 Å². The van der Waals surface area contributed by atoms with Crippen LogP contribution in [0.3, 0.4) is 0 Å². The first-order valence-electron chi connectivity index (χ1n) is 3.61. The molecule has 0 radical (unpaired) electrons. The summed E-state index contributed by atoms with van der Waals surface area (Å²) in [5, 5.41) is 9.56. The Morgan fingerprint density at radius 1 is 1.50 bits per heavy atom. The Bertz CT molecular complexity index is 165. The van der Waals surface area contributed by atoms with Gasteiger partial charge in [0.2, 0.25) is 0 Å². The summed E-state index contributed by atoms with van der Waals surface area (Å²) in [5.74, 6) is 0. The van der Waals surface area contributed by atoms with Crippen LogP contribution in [0.25, 0.3) is 0 Å². The number of rotatable bonds is 0. The highest BCUT2D eigenvalue weighted by molar-refractivity contribution is 5.75. The van der Waals surface area contributed by atoms with Crippen LogP contribution in [0, 0.1) is 5.41 Å². The van der Waals surface area contributed by atoms with Crippen molar-refractivity contribution in [3.63, 3.8) is 0 Å². The number of hydrogen-bond donors (Lipinski definition) is 1. The molecule has 1 aliphatic rings. The van der Waals surface area contributed by atoms with Crippen LogP contribution in [0.5, 0.6) is 0 Å². The zero-order chi connectivity index (χ0) is 7.99. The molecular formula is C8H15NO. The lowest BCUT2D eigenvalue weighted by Gasteiger charge is -2.42. The van der Waals surface area contributed by atoms with E-state index >= 15 is 0 Å². The second-order valence-electron chi connectivity index (χ2n) is 4.27. The Morgan fingerprint density at radius 3 is 2.00 bits per heavy atom. The highest BCUT2D eigenvalue weighted by atomic mass is 16.3. The van der Waals surface area contributed by atoms with E-state index in [-0.39, 0.29) is 11.5 Å². The number of nitrogens with zero attached hydrogens (tertiary/aromatic N) is 1. The van der Waals surface area contributed by atoms with Gasteiger partial charge in [-0.1, -0.05) is 20.8 Å². The summed E-state index contributed by atoms with van der Waals surface area (Å²) < 4.78 is 0. The molecule has 0 fully saturated rings. The quantitative estimate of drug-likeness (QED) is 0.541. The van der Waals surface area contributed by atoms with Gasteiger partial charge in [-0.25, -0.2) is 0 Å². The molecule has 58 valence electrons. The molecule has 1 rings (SSSR count). The summed E-state index contributed by atoms with van der Waals surface area (Å²) in [4.78, 5) is 4.12. The monoisotopic (exact) mass is 141 g/mol. The lowest BCUT2D eigenvalue weighted by atomic mass is 9.74. The molecule has 1 aliphatic heterocycles. The first kappa shape index (κ1) is 7.73. The predicted molar refractivity (Wildman–Crippen MR) is 42.4 cm³/mol. The Morgan fingerprint density at radius 2 is 2.00 bits per heavy atom. The predicted octanol–water partition coefficient (Wildman–Crippen LogP) is 1.24. The van der Waals surface area contributed by atoms with E-state index in [9.17, 15) is 5.11 Å². The standard InChI is InChI=1S/C8H15NO/c1-7(2,3)6-8(4,10)5-9-6/h5-6,10H,1-4H3. The van der Waals surface area contributed by atoms with Gasteiger partial charge in [0.05, 0.1) is 6.04 Å². The van der Waals surface area contributed by atoms with Crippen molar-refractivity contribution in [2.45, 2.75) is 39.3 Å². The molecule has 2 unspecified atom stereocenters. The van der Waals surface area contributed by atoms with Gasteiger partial charge in [-0.05, 0) is 12.3 Å². The van der Waals surface area contributed by atoms with Crippen LogP contribution in [-0.2, 0) is 0 Å². The van der Waals surface area contributed by atoms with Gasteiger partial charge >= 0.3 is 0 Å². The average Bonchev–Trinajstić information content (AvgIpc) is 1.58. The van der Waals surface area contributed by atoms with E-state index in [4.69, 9.17) is 0 Å². The van der Waals surface area contributed by atoms with Crippen molar-refractivity contribution in [3.05, 3.63) is 0 Å². The summed E-state index contributed by atoms with van der Waals surface area (Å²) in [7, 11) is 0. The van der Waals surface area contributed by atoms with Crippen molar-refractivity contribution in [2.24, 2.45) is 10.4 Å². The SMILES string of the molecule is CC(C)(C)C1N=CC1(C)O. The summed E-state index contributed by atoms with van der Waals surface area (Å²) in [5.41, 5.74) is -0.587. The van der Waals surface area contributed by atoms with Crippen LogP contribution in [0.4, 0.5) is 0 Å². The lowest BCUT2D eigenvalue weighted by Crippen LogP contribution is -2.54. The van der Waals surface area contributed by atoms with Crippen LogP contribution in [0.2, 0.25) is 0 Å². The van der Waals surface area contributed by atoms with Crippen molar-refractivity contribution in [2.75, 3.05) is 0 Å². The van der Waals surface area contributed by atoms with Gasteiger partial charge in [0.15, 0.2) is 0 Å². The zero-order valence-electron chi connectivity index (χ0n) is 7.05. The third-order valence-electron chi connectivity index (χ3n) is 1.86. The van der Waals surface area contributed by atoms with Crippen LogP contribution in [0.15, 0.2) is 4.99 Å². The first-order valence-corrected chi connectivity index (χ1v) is 3.61. The van der Waals surface area contributed by atoms with E-state index in [0.717, 1.165) is 0 Å². The molecule has 0 bridgehead atoms. The molecule has 0 spiro atoms. The fraction of sp³-hybridized carbons (Fsp3) is 0.875. The van der Waals surface area contributed by atoms with Crippen molar-refractivity contribution in [3.8, 4) is 0 Å². The van der Waals surface area contributed by atoms with Gasteiger partial charge in [0, 0.05) is 6.21 Å². The maximum atomic E-state index is 9.56. The van der Waals surface area contributed by atoms with E-state index in [2.05, 4.69) is 25.8 Å². The van der Waals surface area contributed by atoms with Crippen molar-refractivity contribution >= 4 is 6.21 Å². The van der Waals surface area contributed by atoms with E-state index < -0.39 is 5.60 Å². The minimum Gasteiger partial charge on any atom is -0.382 e. The fourth-order valence-electron chi connectivity index (χ4n) is 1.47. The molecule has 2 heteroatoms. The molecule has 1 heterocycles. The van der Waals surface area contributed by atoms with Gasteiger partial charge in [0.25, 0.3) is 0 Å². The summed E-state index contributed by atoms with van der Waals surface area (Å²) in [6.45, 7) is 8.06. The number of aliphatic imine (C=N–C) groups is 1. The average molecular weight is 141 g/mol. The number of hydrogen-bond acceptors (Lipinski definition) is 2. The molecule has 0 saturated heterocycles. The maximum absolute atomic E-state index is 9.56. The van der Waals surface area contributed by atoms with E-state index in [1.165, 1.54) is 0 Å². The second kappa shape index (κ2) is 1.82. The zero-order valence-corrected chi connectivity index (χ0v) is 7.05. The van der Waals surface area contributed by atoms with Gasteiger partial charge in [-0.3, -0.25) is 4.99 Å². The van der Waals surface area contributed by atoms with Gasteiger partial charge in [-0.15, -0.1) is 0 Å². The molecular weight excluding hydrogens is 126 g/mol. The highest BCUT2D eigenvalue weighted by Crippen LogP contribution is 2.34. The molecule has 0 aromatic heterocycles. The fourth-order valence-corrected chi connectivity index (χ4v) is 1.47. The smallest absolute Gasteiger partial charge is 0.119 e. The van der Waals surface area contributed by atoms with Crippen LogP contribution >= 0.6 is 0 Å². The van der Waals surface area contributed by atoms with Crippen LogP contribution < -0.4 is 0 Å². The minimum absolute atomic E-state index is 0.0694. The van der Waals surface area contributed by atoms with Gasteiger partial charge < -0.3 is 5.11 Å². The van der Waals surface area contributed by atoms with Gasteiger partial charge in [-0.2, -0.15) is 0 Å². The lowest BCUT2D eigenvalue weighted by molar-refractivity contribution is 0.0401. The molecule has 2 nitrogen and oxygen atoms in total. The molecule has 0 saturated carbocycles. The minimum atomic E-state index is -0.668.